The smallest absolute Gasteiger partial charge is 0.250 e. The van der Waals surface area contributed by atoms with E-state index >= 15 is 0 Å². The number of carbonyl (C=O) groups excluding carboxylic acids is 1. The minimum atomic E-state index is -3.76. The lowest BCUT2D eigenvalue weighted by atomic mass is 10.1. The maximum absolute atomic E-state index is 12.8. The van der Waals surface area contributed by atoms with Crippen LogP contribution in [0.2, 0.25) is 0 Å². The number of benzene rings is 2. The highest BCUT2D eigenvalue weighted by molar-refractivity contribution is 7.95. The average Bonchev–Trinajstić information content (AvgIpc) is 3.18. The van der Waals surface area contributed by atoms with Gasteiger partial charge in [0.05, 0.1) is 17.5 Å². The quantitative estimate of drug-likeness (QED) is 0.859. The summed E-state index contributed by atoms with van der Waals surface area (Å²) in [5, 5.41) is 0. The zero-order chi connectivity index (χ0) is 16.7. The summed E-state index contributed by atoms with van der Waals surface area (Å²) in [5.41, 5.74) is 0.931. The Hall–Kier alpha value is -2.44. The number of amides is 1. The zero-order valence-corrected chi connectivity index (χ0v) is 13.5. The van der Waals surface area contributed by atoms with E-state index in [1.165, 1.54) is 23.1 Å². The fourth-order valence-corrected chi connectivity index (χ4v) is 4.63. The van der Waals surface area contributed by atoms with Crippen LogP contribution in [0, 0.1) is 0 Å². The molecule has 0 radical (unpaired) electrons. The minimum absolute atomic E-state index is 0.0112. The Morgan fingerprint density at radius 2 is 1.58 bits per heavy atom. The van der Waals surface area contributed by atoms with Gasteiger partial charge >= 0.3 is 0 Å². The summed E-state index contributed by atoms with van der Waals surface area (Å²) >= 11 is 0. The van der Waals surface area contributed by atoms with E-state index in [1.807, 2.05) is 30.3 Å². The third kappa shape index (κ3) is 2.26. The first-order valence-corrected chi connectivity index (χ1v) is 9.08. The molecule has 0 bridgehead atoms. The van der Waals surface area contributed by atoms with Gasteiger partial charge < -0.3 is 4.74 Å². The van der Waals surface area contributed by atoms with Crippen LogP contribution in [0.1, 0.15) is 11.6 Å². The molecule has 2 heterocycles. The van der Waals surface area contributed by atoms with E-state index in [4.69, 9.17) is 4.74 Å². The molecular formula is C18H15NO4S. The molecule has 2 aliphatic rings. The molecule has 1 saturated heterocycles. The predicted molar refractivity (Wildman–Crippen MR) is 87.5 cm³/mol. The van der Waals surface area contributed by atoms with Crippen LogP contribution in [0.25, 0.3) is 0 Å². The van der Waals surface area contributed by atoms with Crippen LogP contribution < -0.4 is 0 Å². The highest BCUT2D eigenvalue weighted by Crippen LogP contribution is 2.40. The van der Waals surface area contributed by atoms with Crippen molar-refractivity contribution in [2.24, 2.45) is 0 Å². The molecule has 0 aliphatic carbocycles. The van der Waals surface area contributed by atoms with Crippen LogP contribution in [-0.2, 0) is 19.4 Å². The Balaban J connectivity index is 1.70. The number of hydrogen-bond acceptors (Lipinski definition) is 4. The van der Waals surface area contributed by atoms with Crippen LogP contribution in [0.4, 0.5) is 0 Å². The van der Waals surface area contributed by atoms with E-state index in [2.05, 4.69) is 0 Å². The van der Waals surface area contributed by atoms with Crippen LogP contribution in [0.15, 0.2) is 76.5 Å². The SMILES string of the molecule is O=C1C=C(S(=O)(=O)c2ccccc2)[C@@H]2OC[C@@H](c3ccccc3)N12. The molecule has 2 aromatic rings. The Morgan fingerprint density at radius 3 is 2.25 bits per heavy atom. The predicted octanol–water partition coefficient (Wildman–Crippen LogP) is 2.28. The second-order valence-corrected chi connectivity index (χ2v) is 7.67. The van der Waals surface area contributed by atoms with E-state index < -0.39 is 16.1 Å². The lowest BCUT2D eigenvalue weighted by Gasteiger charge is -2.23. The lowest BCUT2D eigenvalue weighted by Crippen LogP contribution is -2.33. The van der Waals surface area contributed by atoms with E-state index in [1.54, 1.807) is 18.2 Å². The molecule has 122 valence electrons. The fraction of sp³-hybridized carbons (Fsp3) is 0.167. The van der Waals surface area contributed by atoms with Gasteiger partial charge in [-0.2, -0.15) is 0 Å². The van der Waals surface area contributed by atoms with Gasteiger partial charge in [-0.15, -0.1) is 0 Å². The van der Waals surface area contributed by atoms with Crippen LogP contribution in [0.5, 0.6) is 0 Å². The Labute approximate surface area is 140 Å². The molecule has 5 nitrogen and oxygen atoms in total. The maximum Gasteiger partial charge on any atom is 0.250 e. The van der Waals surface area contributed by atoms with E-state index in [0.29, 0.717) is 0 Å². The first kappa shape index (κ1) is 15.1. The topological polar surface area (TPSA) is 63.7 Å². The molecule has 2 aromatic carbocycles. The zero-order valence-electron chi connectivity index (χ0n) is 12.7. The summed E-state index contributed by atoms with van der Waals surface area (Å²) in [6.45, 7) is 0.280. The Bertz CT molecular complexity index is 907. The van der Waals surface area contributed by atoms with Crippen LogP contribution in [-0.4, -0.2) is 32.1 Å². The highest BCUT2D eigenvalue weighted by Gasteiger charge is 2.48. The van der Waals surface area contributed by atoms with Crippen molar-refractivity contribution < 1.29 is 17.9 Å². The van der Waals surface area contributed by atoms with Crippen LogP contribution >= 0.6 is 0 Å². The molecule has 0 N–H and O–H groups in total. The number of carbonyl (C=O) groups is 1. The Morgan fingerprint density at radius 1 is 0.958 bits per heavy atom. The summed E-state index contributed by atoms with van der Waals surface area (Å²) in [4.78, 5) is 14.1. The molecule has 1 fully saturated rings. The van der Waals surface area contributed by atoms with Gasteiger partial charge in [-0.1, -0.05) is 48.5 Å². The molecule has 0 unspecified atom stereocenters. The van der Waals surface area contributed by atoms with Crippen molar-refractivity contribution in [2.45, 2.75) is 17.2 Å². The molecule has 24 heavy (non-hydrogen) atoms. The lowest BCUT2D eigenvalue weighted by molar-refractivity contribution is -0.128. The largest absolute Gasteiger partial charge is 0.351 e. The van der Waals surface area contributed by atoms with Crippen molar-refractivity contribution >= 4 is 15.7 Å². The van der Waals surface area contributed by atoms with Crippen molar-refractivity contribution in [3.05, 3.63) is 77.2 Å². The van der Waals surface area contributed by atoms with Gasteiger partial charge in [-0.05, 0) is 17.7 Å². The standard InChI is InChI=1S/C18H15NO4S/c20-17-11-16(24(21,22)14-9-5-2-6-10-14)18-19(17)15(12-23-18)13-7-3-1-4-8-13/h1-11,15,18H,12H2/t15-,18-/m0/s1. The molecule has 0 aromatic heterocycles. The average molecular weight is 341 g/mol. The summed E-state index contributed by atoms with van der Waals surface area (Å²) in [5.74, 6) is -0.333. The van der Waals surface area contributed by atoms with E-state index in [-0.39, 0.29) is 28.4 Å². The second kappa shape index (κ2) is 5.58. The molecule has 4 rings (SSSR count). The van der Waals surface area contributed by atoms with E-state index in [9.17, 15) is 13.2 Å². The number of fused-ring (bicyclic) bond motifs is 1. The molecule has 6 heteroatoms. The third-order valence-electron chi connectivity index (χ3n) is 4.31. The molecular weight excluding hydrogens is 326 g/mol. The first-order chi connectivity index (χ1) is 11.6. The molecule has 2 aliphatic heterocycles. The van der Waals surface area contributed by atoms with Gasteiger partial charge in [0.15, 0.2) is 6.23 Å². The summed E-state index contributed by atoms with van der Waals surface area (Å²) < 4.78 is 31.4. The van der Waals surface area contributed by atoms with E-state index in [0.717, 1.165) is 5.56 Å². The Kier molecular flexibility index (Phi) is 3.51. The minimum Gasteiger partial charge on any atom is -0.351 e. The van der Waals surface area contributed by atoms with Crippen molar-refractivity contribution in [1.82, 2.24) is 4.90 Å². The first-order valence-electron chi connectivity index (χ1n) is 7.59. The molecule has 2 atom stereocenters. The normalized spacial score (nSPS) is 23.2. The number of nitrogens with zero attached hydrogens (tertiary/aromatic N) is 1. The number of sulfone groups is 1. The van der Waals surface area contributed by atoms with Gasteiger partial charge in [0.2, 0.25) is 9.84 Å². The summed E-state index contributed by atoms with van der Waals surface area (Å²) in [6, 6.07) is 17.3. The van der Waals surface area contributed by atoms with Gasteiger partial charge in [0.1, 0.15) is 4.91 Å². The number of ether oxygens (including phenoxy) is 1. The fourth-order valence-electron chi connectivity index (χ4n) is 3.14. The molecule has 1 amide bonds. The van der Waals surface area contributed by atoms with Crippen molar-refractivity contribution in [1.29, 1.82) is 0 Å². The summed E-state index contributed by atoms with van der Waals surface area (Å²) in [7, 11) is -3.76. The number of hydrogen-bond donors (Lipinski definition) is 0. The molecule has 0 spiro atoms. The van der Waals surface area contributed by atoms with Crippen LogP contribution in [0.3, 0.4) is 0 Å². The molecule has 0 saturated carbocycles. The van der Waals surface area contributed by atoms with Crippen molar-refractivity contribution in [2.75, 3.05) is 6.61 Å². The van der Waals surface area contributed by atoms with Gasteiger partial charge in [0, 0.05) is 6.08 Å². The third-order valence-corrected chi connectivity index (χ3v) is 6.15. The van der Waals surface area contributed by atoms with Gasteiger partial charge in [-0.25, -0.2) is 8.42 Å². The summed E-state index contributed by atoms with van der Waals surface area (Å²) in [6.07, 6.45) is 0.329. The number of rotatable bonds is 3. The second-order valence-electron chi connectivity index (χ2n) is 5.72. The van der Waals surface area contributed by atoms with Crippen molar-refractivity contribution in [3.63, 3.8) is 0 Å². The van der Waals surface area contributed by atoms with Gasteiger partial charge in [0.25, 0.3) is 5.91 Å². The maximum atomic E-state index is 12.8. The van der Waals surface area contributed by atoms with Gasteiger partial charge in [-0.3, -0.25) is 9.69 Å². The monoisotopic (exact) mass is 341 g/mol. The van der Waals surface area contributed by atoms with Crippen molar-refractivity contribution in [3.8, 4) is 0 Å². The highest BCUT2D eigenvalue weighted by atomic mass is 32.2.